The van der Waals surface area contributed by atoms with Gasteiger partial charge in [-0.25, -0.2) is 0 Å². The molecule has 0 spiro atoms. The smallest absolute Gasteiger partial charge is 0.253 e. The van der Waals surface area contributed by atoms with Crippen molar-refractivity contribution in [3.8, 4) is 0 Å². The Bertz CT molecular complexity index is 471. The highest BCUT2D eigenvalue weighted by atomic mass is 35.5. The van der Waals surface area contributed by atoms with Crippen LogP contribution in [0, 0.1) is 5.41 Å². The highest BCUT2D eigenvalue weighted by molar-refractivity contribution is 7.98. The zero-order valence-electron chi connectivity index (χ0n) is 12.4. The van der Waals surface area contributed by atoms with Gasteiger partial charge in [0.2, 0.25) is 0 Å². The lowest BCUT2D eigenvalue weighted by atomic mass is 9.85. The third kappa shape index (κ3) is 4.69. The summed E-state index contributed by atoms with van der Waals surface area (Å²) >= 11 is 7.67. The molecule has 0 aliphatic heterocycles. The SMILES string of the molecule is CSc1ccc(Cl)c(C(=O)NC(CCO)C(C)(C)C)c1. The average molecular weight is 316 g/mol. The van der Waals surface area contributed by atoms with Gasteiger partial charge in [0.15, 0.2) is 0 Å². The van der Waals surface area contributed by atoms with Crippen LogP contribution in [0.4, 0.5) is 0 Å². The van der Waals surface area contributed by atoms with Crippen LogP contribution in [-0.4, -0.2) is 29.9 Å². The molecule has 0 aliphatic rings. The fourth-order valence-corrected chi connectivity index (χ4v) is 2.54. The number of hydrogen-bond acceptors (Lipinski definition) is 3. The number of thioether (sulfide) groups is 1. The lowest BCUT2D eigenvalue weighted by Crippen LogP contribution is -2.44. The van der Waals surface area contributed by atoms with Crippen LogP contribution in [0.3, 0.4) is 0 Å². The van der Waals surface area contributed by atoms with Crippen LogP contribution in [0.2, 0.25) is 5.02 Å². The molecule has 1 rings (SSSR count). The highest BCUT2D eigenvalue weighted by Gasteiger charge is 2.26. The van der Waals surface area contributed by atoms with E-state index < -0.39 is 0 Å². The molecule has 0 heterocycles. The summed E-state index contributed by atoms with van der Waals surface area (Å²) in [6, 6.07) is 5.31. The fourth-order valence-electron chi connectivity index (χ4n) is 1.89. The number of carbonyl (C=O) groups is 1. The van der Waals surface area contributed by atoms with Crippen molar-refractivity contribution in [2.75, 3.05) is 12.9 Å². The molecule has 1 aromatic carbocycles. The second-order valence-electron chi connectivity index (χ2n) is 5.75. The van der Waals surface area contributed by atoms with E-state index in [2.05, 4.69) is 5.32 Å². The van der Waals surface area contributed by atoms with Gasteiger partial charge in [0, 0.05) is 17.5 Å². The van der Waals surface area contributed by atoms with E-state index in [1.165, 1.54) is 0 Å². The second kappa shape index (κ2) is 7.34. The molecule has 0 saturated heterocycles. The minimum Gasteiger partial charge on any atom is -0.396 e. The van der Waals surface area contributed by atoms with Gasteiger partial charge in [-0.2, -0.15) is 0 Å². The number of aliphatic hydroxyl groups excluding tert-OH is 1. The molecule has 1 amide bonds. The molecule has 0 aliphatic carbocycles. The predicted molar refractivity (Wildman–Crippen MR) is 85.6 cm³/mol. The Labute approximate surface area is 130 Å². The van der Waals surface area contributed by atoms with Crippen molar-refractivity contribution in [2.45, 2.75) is 38.1 Å². The fraction of sp³-hybridized carbons (Fsp3) is 0.533. The van der Waals surface area contributed by atoms with Crippen LogP contribution in [-0.2, 0) is 0 Å². The molecule has 1 aromatic rings. The van der Waals surface area contributed by atoms with Crippen molar-refractivity contribution < 1.29 is 9.90 Å². The summed E-state index contributed by atoms with van der Waals surface area (Å²) in [5, 5.41) is 12.6. The summed E-state index contributed by atoms with van der Waals surface area (Å²) in [4.78, 5) is 13.4. The Morgan fingerprint density at radius 1 is 1.45 bits per heavy atom. The van der Waals surface area contributed by atoms with E-state index in [1.807, 2.05) is 33.1 Å². The minimum atomic E-state index is -0.195. The van der Waals surface area contributed by atoms with Crippen molar-refractivity contribution in [2.24, 2.45) is 5.41 Å². The van der Waals surface area contributed by atoms with Crippen molar-refractivity contribution in [3.63, 3.8) is 0 Å². The van der Waals surface area contributed by atoms with Gasteiger partial charge in [-0.3, -0.25) is 4.79 Å². The Morgan fingerprint density at radius 2 is 2.10 bits per heavy atom. The summed E-state index contributed by atoms with van der Waals surface area (Å²) in [6.07, 6.45) is 2.48. The molecular weight excluding hydrogens is 294 g/mol. The van der Waals surface area contributed by atoms with E-state index in [1.54, 1.807) is 23.9 Å². The molecule has 0 saturated carbocycles. The maximum atomic E-state index is 12.4. The zero-order chi connectivity index (χ0) is 15.3. The average Bonchev–Trinajstić information content (AvgIpc) is 2.37. The van der Waals surface area contributed by atoms with Gasteiger partial charge in [0.05, 0.1) is 10.6 Å². The summed E-state index contributed by atoms with van der Waals surface area (Å²) in [5.74, 6) is -0.195. The van der Waals surface area contributed by atoms with E-state index in [9.17, 15) is 4.79 Å². The molecule has 1 atom stereocenters. The van der Waals surface area contributed by atoms with Crippen LogP contribution in [0.25, 0.3) is 0 Å². The highest BCUT2D eigenvalue weighted by Crippen LogP contribution is 2.25. The molecule has 0 aromatic heterocycles. The molecule has 20 heavy (non-hydrogen) atoms. The number of aliphatic hydroxyl groups is 1. The normalized spacial score (nSPS) is 13.1. The van der Waals surface area contributed by atoms with E-state index in [0.717, 1.165) is 4.90 Å². The first kappa shape index (κ1) is 17.3. The topological polar surface area (TPSA) is 49.3 Å². The van der Waals surface area contributed by atoms with Crippen LogP contribution < -0.4 is 5.32 Å². The molecule has 3 nitrogen and oxygen atoms in total. The van der Waals surface area contributed by atoms with Gasteiger partial charge in [-0.1, -0.05) is 32.4 Å². The van der Waals surface area contributed by atoms with E-state index in [0.29, 0.717) is 17.0 Å². The summed E-state index contributed by atoms with van der Waals surface area (Å²) in [6.45, 7) is 6.15. The summed E-state index contributed by atoms with van der Waals surface area (Å²) in [5.41, 5.74) is 0.354. The molecule has 0 fully saturated rings. The zero-order valence-corrected chi connectivity index (χ0v) is 13.9. The standard InChI is InChI=1S/C15H22ClNO2S/c1-15(2,3)13(7-8-18)17-14(19)11-9-10(20-4)5-6-12(11)16/h5-6,9,13,18H,7-8H2,1-4H3,(H,17,19). The van der Waals surface area contributed by atoms with Crippen LogP contribution in [0.5, 0.6) is 0 Å². The van der Waals surface area contributed by atoms with Gasteiger partial charge in [-0.15, -0.1) is 11.8 Å². The summed E-state index contributed by atoms with van der Waals surface area (Å²) in [7, 11) is 0. The van der Waals surface area contributed by atoms with E-state index in [-0.39, 0.29) is 24.0 Å². The number of carbonyl (C=O) groups excluding carboxylic acids is 1. The Morgan fingerprint density at radius 3 is 2.60 bits per heavy atom. The molecular formula is C15H22ClNO2S. The van der Waals surface area contributed by atoms with Crippen molar-refractivity contribution >= 4 is 29.3 Å². The van der Waals surface area contributed by atoms with E-state index in [4.69, 9.17) is 16.7 Å². The molecule has 2 N–H and O–H groups in total. The number of halogens is 1. The van der Waals surface area contributed by atoms with Gasteiger partial charge < -0.3 is 10.4 Å². The first-order valence-corrected chi connectivity index (χ1v) is 8.15. The maximum Gasteiger partial charge on any atom is 0.253 e. The first-order valence-electron chi connectivity index (χ1n) is 6.55. The van der Waals surface area contributed by atoms with Crippen LogP contribution >= 0.6 is 23.4 Å². The number of benzene rings is 1. The van der Waals surface area contributed by atoms with E-state index >= 15 is 0 Å². The Kier molecular flexibility index (Phi) is 6.37. The summed E-state index contributed by atoms with van der Waals surface area (Å²) < 4.78 is 0. The predicted octanol–water partition coefficient (Wildman–Crippen LogP) is 3.59. The van der Waals surface area contributed by atoms with Crippen LogP contribution in [0.15, 0.2) is 23.1 Å². The van der Waals surface area contributed by atoms with Crippen LogP contribution in [0.1, 0.15) is 37.6 Å². The molecule has 5 heteroatoms. The lowest BCUT2D eigenvalue weighted by Gasteiger charge is -2.31. The number of rotatable bonds is 5. The Balaban J connectivity index is 2.94. The second-order valence-corrected chi connectivity index (χ2v) is 7.04. The molecule has 0 bridgehead atoms. The van der Waals surface area contributed by atoms with Gasteiger partial charge in [-0.05, 0) is 36.3 Å². The molecule has 1 unspecified atom stereocenters. The van der Waals surface area contributed by atoms with Crippen molar-refractivity contribution in [1.82, 2.24) is 5.32 Å². The third-order valence-corrected chi connectivity index (χ3v) is 4.24. The number of amides is 1. The van der Waals surface area contributed by atoms with Gasteiger partial charge in [0.1, 0.15) is 0 Å². The maximum absolute atomic E-state index is 12.4. The molecule has 112 valence electrons. The third-order valence-electron chi connectivity index (χ3n) is 3.19. The quantitative estimate of drug-likeness (QED) is 0.816. The van der Waals surface area contributed by atoms with Crippen molar-refractivity contribution in [1.29, 1.82) is 0 Å². The largest absolute Gasteiger partial charge is 0.396 e. The first-order chi connectivity index (χ1) is 9.29. The lowest BCUT2D eigenvalue weighted by molar-refractivity contribution is 0.0885. The van der Waals surface area contributed by atoms with Crippen molar-refractivity contribution in [3.05, 3.63) is 28.8 Å². The van der Waals surface area contributed by atoms with Gasteiger partial charge >= 0.3 is 0 Å². The minimum absolute atomic E-state index is 0.0425. The molecule has 0 radical (unpaired) electrons. The number of nitrogens with one attached hydrogen (secondary N) is 1. The monoisotopic (exact) mass is 315 g/mol. The Hall–Kier alpha value is -0.710. The number of hydrogen-bond donors (Lipinski definition) is 2. The van der Waals surface area contributed by atoms with Gasteiger partial charge in [0.25, 0.3) is 5.91 Å².